The molecule has 5 aliphatic carbocycles. The van der Waals surface area contributed by atoms with Crippen molar-refractivity contribution in [3.63, 3.8) is 0 Å². The number of aromatic nitrogens is 1. The highest BCUT2D eigenvalue weighted by Crippen LogP contribution is 2.39. The summed E-state index contributed by atoms with van der Waals surface area (Å²) in [4.78, 5) is 57.9. The van der Waals surface area contributed by atoms with Crippen LogP contribution in [0.5, 0.6) is 0 Å². The number of thiol groups is 1. The summed E-state index contributed by atoms with van der Waals surface area (Å²) in [5.74, 6) is -1.80. The Morgan fingerprint density at radius 3 is 1.17 bits per heavy atom. The molecule has 0 aliphatic heterocycles. The van der Waals surface area contributed by atoms with Gasteiger partial charge in [-0.2, -0.15) is 12.6 Å². The number of alkyl halides is 1. The Labute approximate surface area is 544 Å². The number of nitrogens with zero attached hydrogens (tertiary/aromatic N) is 1. The molecular weight excluding hydrogens is 1280 g/mol. The number of esters is 3. The van der Waals surface area contributed by atoms with Crippen molar-refractivity contribution in [1.82, 2.24) is 5.16 Å². The van der Waals surface area contributed by atoms with E-state index in [1.54, 1.807) is 45.5 Å². The molecule has 1 aromatic rings. The fourth-order valence-electron chi connectivity index (χ4n) is 10.5. The first-order chi connectivity index (χ1) is 40.0. The van der Waals surface area contributed by atoms with Crippen LogP contribution in [-0.4, -0.2) is 135 Å². The molecule has 508 valence electrons. The van der Waals surface area contributed by atoms with Gasteiger partial charge in [0.25, 0.3) is 0 Å². The van der Waals surface area contributed by atoms with Crippen molar-refractivity contribution in [1.29, 1.82) is 0 Å². The van der Waals surface area contributed by atoms with Crippen LogP contribution in [0.25, 0.3) is 0 Å². The van der Waals surface area contributed by atoms with E-state index in [-0.39, 0.29) is 46.2 Å². The Bertz CT molecular complexity index is 2590. The maximum atomic E-state index is 12.9. The number of thioether (sulfide) groups is 1. The van der Waals surface area contributed by atoms with Crippen molar-refractivity contribution >= 4 is 99.5 Å². The number of sulfone groups is 3. The summed E-state index contributed by atoms with van der Waals surface area (Å²) in [6, 6.07) is 1.75. The normalized spacial score (nSPS) is 18.6. The maximum Gasteiger partial charge on any atom is 0.326 e. The molecule has 0 bridgehead atoms. The van der Waals surface area contributed by atoms with E-state index >= 15 is 0 Å². The Balaban J connectivity index is 0.000000542. The lowest BCUT2D eigenvalue weighted by Gasteiger charge is -2.31. The van der Waals surface area contributed by atoms with Gasteiger partial charge in [0.2, 0.25) is 0 Å². The highest BCUT2D eigenvalue weighted by molar-refractivity contribution is 9.10. The van der Waals surface area contributed by atoms with Crippen molar-refractivity contribution in [2.75, 3.05) is 19.8 Å². The molecule has 5 saturated carbocycles. The number of rotatable bonds is 18. The monoisotopic (exact) mass is 1390 g/mol. The molecule has 5 aliphatic rings. The highest BCUT2D eigenvalue weighted by atomic mass is 79.9. The van der Waals surface area contributed by atoms with E-state index in [4.69, 9.17) is 23.8 Å². The average molecular weight is 1390 g/mol. The van der Waals surface area contributed by atoms with E-state index in [1.807, 2.05) is 41.5 Å². The van der Waals surface area contributed by atoms with Crippen LogP contribution in [0.2, 0.25) is 0 Å². The van der Waals surface area contributed by atoms with Gasteiger partial charge < -0.3 is 23.8 Å². The number of hydrogen-bond donors (Lipinski definition) is 2. The minimum absolute atomic E-state index is 0.0153. The Morgan fingerprint density at radius 1 is 0.529 bits per heavy atom. The fourth-order valence-corrected chi connectivity index (χ4v) is 18.9. The fraction of sp³-hybridized carbons (Fsp3) is 0.875. The van der Waals surface area contributed by atoms with Crippen molar-refractivity contribution in [2.45, 2.75) is 333 Å². The van der Waals surface area contributed by atoms with Gasteiger partial charge in [-0.3, -0.25) is 24.0 Å². The number of carbonyl (C=O) groups excluding carboxylic acids is 4. The first-order valence-corrected chi connectivity index (χ1v) is 38.9. The Morgan fingerprint density at radius 2 is 0.862 bits per heavy atom. The zero-order valence-electron chi connectivity index (χ0n) is 55.9. The third-order valence-corrected chi connectivity index (χ3v) is 28.1. The predicted octanol–water partition coefficient (Wildman–Crippen LogP) is 14.6. The first-order valence-electron chi connectivity index (χ1n) is 32.0. The second-order valence-corrected chi connectivity index (χ2v) is 40.1. The predicted molar refractivity (Wildman–Crippen MR) is 358 cm³/mol. The minimum atomic E-state index is -3.56. The van der Waals surface area contributed by atoms with E-state index in [0.717, 1.165) is 63.0 Å². The number of carboxylic acids is 1. The van der Waals surface area contributed by atoms with Crippen molar-refractivity contribution in [3.05, 3.63) is 17.5 Å². The number of carboxylic acid groups (broad SMARTS) is 1. The van der Waals surface area contributed by atoms with Gasteiger partial charge in [0.05, 0.1) is 47.7 Å². The molecule has 0 aromatic carbocycles. The molecule has 1 heterocycles. The van der Waals surface area contributed by atoms with Crippen LogP contribution < -0.4 is 0 Å². The van der Waals surface area contributed by atoms with Crippen LogP contribution in [0.1, 0.15) is 283 Å². The molecule has 23 heteroatoms. The van der Waals surface area contributed by atoms with Crippen LogP contribution in [0.15, 0.2) is 10.6 Å². The molecule has 0 saturated heterocycles. The van der Waals surface area contributed by atoms with Gasteiger partial charge in [0, 0.05) is 22.0 Å². The van der Waals surface area contributed by atoms with Crippen molar-refractivity contribution in [3.8, 4) is 0 Å². The molecule has 87 heavy (non-hydrogen) atoms. The van der Waals surface area contributed by atoms with Gasteiger partial charge in [-0.25, -0.2) is 25.3 Å². The van der Waals surface area contributed by atoms with Gasteiger partial charge >= 0.3 is 23.9 Å². The third kappa shape index (κ3) is 26.4. The number of ether oxygens (including phenoxy) is 3. The van der Waals surface area contributed by atoms with Crippen LogP contribution in [0.4, 0.5) is 0 Å². The largest absolute Gasteiger partial charge is 0.480 e. The lowest BCUT2D eigenvalue weighted by molar-refractivity contribution is -0.146. The second-order valence-electron chi connectivity index (χ2n) is 27.1. The quantitative estimate of drug-likeness (QED) is 0.0599. The maximum absolute atomic E-state index is 12.9. The zero-order valence-corrected chi connectivity index (χ0v) is 61.7. The van der Waals surface area contributed by atoms with Crippen LogP contribution in [0, 0.1) is 0 Å². The second kappa shape index (κ2) is 37.5. The summed E-state index contributed by atoms with van der Waals surface area (Å²) >= 11 is 9.33. The number of halogens is 1. The Hall–Kier alpha value is -2.21. The summed E-state index contributed by atoms with van der Waals surface area (Å²) in [6.07, 6.45) is 26.1. The van der Waals surface area contributed by atoms with Crippen LogP contribution >= 0.6 is 40.3 Å². The SMILES string of the molecule is CC(C)(C(=O)O)S(=O)(=O)C1CCCCC1.CC(C)(C)c1cc(CC(=O)C(C)(C)S(=O)(=O)C2CCCCC2)no1.CCOC(=O)C(C)(C)Br.CCOC(=O)C(C)(C)S(=O)(=O)C1CCCCC1.CCOC(=O)C(C)(C)SC1CCCCC1.SC1CCCCC1. The number of ketones is 1. The molecule has 1 aromatic heterocycles. The van der Waals surface area contributed by atoms with Crippen LogP contribution in [0.3, 0.4) is 0 Å². The molecule has 6 rings (SSSR count). The van der Waals surface area contributed by atoms with Crippen molar-refractivity contribution in [2.24, 2.45) is 0 Å². The smallest absolute Gasteiger partial charge is 0.326 e. The summed E-state index contributed by atoms with van der Waals surface area (Å²) < 4.78 is 89.4. The summed E-state index contributed by atoms with van der Waals surface area (Å²) in [7, 11) is -10.5. The molecule has 5 fully saturated rings. The third-order valence-electron chi connectivity index (χ3n) is 16.8. The topological polar surface area (TPSA) is 262 Å². The summed E-state index contributed by atoms with van der Waals surface area (Å²) in [5, 5.41) is 13.0. The molecule has 0 unspecified atom stereocenters. The van der Waals surface area contributed by atoms with Crippen molar-refractivity contribution < 1.29 is 73.1 Å². The van der Waals surface area contributed by atoms with E-state index < -0.39 is 70.5 Å². The first kappa shape index (κ1) is 82.8. The summed E-state index contributed by atoms with van der Waals surface area (Å²) in [6.45, 7) is 28.4. The van der Waals surface area contributed by atoms with Gasteiger partial charge in [-0.05, 0) is 154 Å². The molecule has 0 amide bonds. The zero-order chi connectivity index (χ0) is 66.9. The molecule has 1 N–H and O–H groups in total. The van der Waals surface area contributed by atoms with E-state index in [0.29, 0.717) is 68.4 Å². The minimum Gasteiger partial charge on any atom is -0.480 e. The van der Waals surface area contributed by atoms with Crippen LogP contribution in [-0.2, 0) is 79.5 Å². The van der Waals surface area contributed by atoms with Gasteiger partial charge in [0.15, 0.2) is 44.8 Å². The van der Waals surface area contributed by atoms with E-state index in [9.17, 15) is 49.2 Å². The molecule has 0 radical (unpaired) electrons. The standard InChI is InChI=1S/C18H29NO4S.C12H22O4S.C12H22O2S.C10H18O4S.C6H11BrO2.C6H12S/c1-17(2,3)16-12-13(19-23-16)11-15(20)18(4,5)24(21,22)14-9-7-6-8-10-14;1-4-16-11(13)12(2,3)17(14,15)10-8-6-5-7-9-10;1-4-14-11(13)12(2,3)15-10-8-6-5-7-9-10;1-10(2,9(11)12)15(13,14)8-6-4-3-5-7-8;1-4-9-5(8)6(2,3)7;7-6-4-2-1-3-5-6/h12,14H,6-11H2,1-5H3;10H,4-9H2,1-3H3;10H,4-9H2,1-3H3;8H,3-7H2,1-2H3,(H,11,12);4H2,1-3H3;6-7H,1-5H2. The molecule has 17 nitrogen and oxygen atoms in total. The van der Waals surface area contributed by atoms with Gasteiger partial charge in [0.1, 0.15) is 19.6 Å². The Kier molecular flexibility index (Phi) is 35.7. The lowest BCUT2D eigenvalue weighted by atomic mass is 9.92. The highest BCUT2D eigenvalue weighted by Gasteiger charge is 2.49. The lowest BCUT2D eigenvalue weighted by Crippen LogP contribution is -2.47. The average Bonchev–Trinajstić information content (AvgIpc) is 1.65. The molecule has 0 atom stereocenters. The number of aliphatic carboxylic acids is 1. The number of hydrogen-bond acceptors (Lipinski definition) is 18. The van der Waals surface area contributed by atoms with E-state index in [1.165, 1.54) is 106 Å². The molecule has 0 spiro atoms. The number of carbonyl (C=O) groups is 5. The van der Waals surface area contributed by atoms with E-state index in [2.05, 4.69) is 33.7 Å². The number of Topliss-reactive ketones (excluding diaryl/α,β-unsaturated/α-hetero) is 1. The summed E-state index contributed by atoms with van der Waals surface area (Å²) in [5.41, 5.74) is 0.301. The molecular formula is C64H114BrNO16S5. The van der Waals surface area contributed by atoms with Gasteiger partial charge in [-0.15, -0.1) is 11.8 Å². The van der Waals surface area contributed by atoms with Gasteiger partial charge in [-0.1, -0.05) is 138 Å².